The van der Waals surface area contributed by atoms with Crippen molar-refractivity contribution >= 4 is 76.4 Å². The Morgan fingerprint density at radius 3 is 1.78 bits per heavy atom. The van der Waals surface area contributed by atoms with Gasteiger partial charge in [-0.2, -0.15) is 0 Å². The van der Waals surface area contributed by atoms with Crippen LogP contribution in [-0.2, 0) is 5.41 Å². The highest BCUT2D eigenvalue weighted by molar-refractivity contribution is 7.26. The summed E-state index contributed by atoms with van der Waals surface area (Å²) in [7, 11) is 0. The Labute approximate surface area is 382 Å². The van der Waals surface area contributed by atoms with Gasteiger partial charge in [0.1, 0.15) is 0 Å². The average molecular weight is 850 g/mol. The van der Waals surface area contributed by atoms with E-state index in [-0.39, 0.29) is 5.41 Å². The molecule has 3 nitrogen and oxygen atoms in total. The molecule has 7 aromatic carbocycles. The maximum atomic E-state index is 4.64. The minimum Gasteiger partial charge on any atom is -0.310 e. The SMILES string of the molecule is CC1(C)c2cc(N(c3ccccc3)c3cccc(C4CCCCC4)c3)ccc2-c2c(N(c3ccccc3)c3cccc(C4CCCCC4)c3)cc3sc4c5cnccc5ccc4c3c21. The highest BCUT2D eigenvalue weighted by atomic mass is 32.1. The minimum absolute atomic E-state index is 0.314. The van der Waals surface area contributed by atoms with Gasteiger partial charge in [-0.25, -0.2) is 0 Å². The molecule has 0 unspecified atom stereocenters. The summed E-state index contributed by atoms with van der Waals surface area (Å²) in [6, 6.07) is 57.8. The molecule has 0 aliphatic heterocycles. The number of nitrogens with zero attached hydrogens (tertiary/aromatic N) is 3. The van der Waals surface area contributed by atoms with Gasteiger partial charge >= 0.3 is 0 Å². The van der Waals surface area contributed by atoms with E-state index in [1.165, 1.54) is 163 Å². The van der Waals surface area contributed by atoms with Crippen molar-refractivity contribution in [1.82, 2.24) is 4.98 Å². The first kappa shape index (κ1) is 39.4. The van der Waals surface area contributed by atoms with Crippen molar-refractivity contribution < 1.29 is 0 Å². The molecule has 0 atom stereocenters. The van der Waals surface area contributed by atoms with Crippen LogP contribution in [-0.4, -0.2) is 4.98 Å². The van der Waals surface area contributed by atoms with Crippen LogP contribution in [0.3, 0.4) is 0 Å². The predicted molar refractivity (Wildman–Crippen MR) is 273 cm³/mol. The molecule has 3 aliphatic carbocycles. The standard InChI is InChI=1S/C60H55N3S/c1-60(2)53-37-49(62(45-23-11-5-12-24-45)47-27-15-21-43(35-47)40-17-7-3-8-18-40)30-32-50(53)56-54(38-55-57(58(56)60)51-31-29-42-33-34-61-39-52(42)59(51)64-55)63(46-25-13-6-14-26-46)48-28-16-22-44(36-48)41-19-9-4-10-20-41/h5-6,11-16,21-41H,3-4,7-10,17-20H2,1-2H3. The number of para-hydroxylation sites is 2. The van der Waals surface area contributed by atoms with Gasteiger partial charge < -0.3 is 9.80 Å². The van der Waals surface area contributed by atoms with Gasteiger partial charge in [-0.3, -0.25) is 4.98 Å². The van der Waals surface area contributed by atoms with Gasteiger partial charge in [0.2, 0.25) is 0 Å². The van der Waals surface area contributed by atoms with E-state index < -0.39 is 0 Å². The van der Waals surface area contributed by atoms with Gasteiger partial charge in [-0.05, 0) is 144 Å². The molecule has 9 aromatic rings. The van der Waals surface area contributed by atoms with E-state index in [4.69, 9.17) is 0 Å². The highest BCUT2D eigenvalue weighted by Gasteiger charge is 2.41. The zero-order valence-corrected chi connectivity index (χ0v) is 37.9. The molecule has 12 rings (SSSR count). The quantitative estimate of drug-likeness (QED) is 0.152. The minimum atomic E-state index is -0.314. The zero-order chi connectivity index (χ0) is 42.8. The fraction of sp³-hybridized carbons (Fsp3) is 0.250. The van der Waals surface area contributed by atoms with Crippen molar-refractivity contribution in [3.8, 4) is 11.1 Å². The van der Waals surface area contributed by atoms with Gasteiger partial charge in [0.05, 0.1) is 5.69 Å². The lowest BCUT2D eigenvalue weighted by Gasteiger charge is -2.30. The number of rotatable bonds is 8. The number of aromatic nitrogens is 1. The van der Waals surface area contributed by atoms with Crippen LogP contribution in [0.2, 0.25) is 0 Å². The van der Waals surface area contributed by atoms with Crippen LogP contribution in [0.5, 0.6) is 0 Å². The van der Waals surface area contributed by atoms with Crippen LogP contribution < -0.4 is 9.80 Å². The lowest BCUT2D eigenvalue weighted by atomic mass is 9.80. The van der Waals surface area contributed by atoms with Crippen molar-refractivity contribution in [2.75, 3.05) is 9.80 Å². The van der Waals surface area contributed by atoms with Gasteiger partial charge in [0.25, 0.3) is 0 Å². The Hall–Kier alpha value is -6.23. The monoisotopic (exact) mass is 849 g/mol. The molecule has 2 heterocycles. The normalized spacial score (nSPS) is 16.3. The maximum Gasteiger partial charge on any atom is 0.0557 e. The third kappa shape index (κ3) is 6.64. The summed E-state index contributed by atoms with van der Waals surface area (Å²) in [4.78, 5) is 9.70. The lowest BCUT2D eigenvalue weighted by Crippen LogP contribution is -2.18. The van der Waals surface area contributed by atoms with Crippen LogP contribution in [0.15, 0.2) is 164 Å². The molecule has 4 heteroatoms. The second-order valence-electron chi connectivity index (χ2n) is 19.2. The second kappa shape index (κ2) is 16.1. The second-order valence-corrected chi connectivity index (χ2v) is 20.3. The summed E-state index contributed by atoms with van der Waals surface area (Å²) in [6.45, 7) is 4.95. The Morgan fingerprint density at radius 1 is 0.531 bits per heavy atom. The fourth-order valence-corrected chi connectivity index (χ4v) is 13.2. The lowest BCUT2D eigenvalue weighted by molar-refractivity contribution is 0.443. The Morgan fingerprint density at radius 2 is 1.12 bits per heavy atom. The summed E-state index contributed by atoms with van der Waals surface area (Å²) < 4.78 is 2.63. The van der Waals surface area contributed by atoms with Gasteiger partial charge in [-0.15, -0.1) is 11.3 Å². The molecule has 0 spiro atoms. The molecule has 64 heavy (non-hydrogen) atoms. The molecule has 0 radical (unpaired) electrons. The molecule has 316 valence electrons. The summed E-state index contributed by atoms with van der Waals surface area (Å²) in [5.41, 5.74) is 15.3. The molecular formula is C60H55N3S. The third-order valence-corrected chi connectivity index (χ3v) is 16.2. The number of thiophene rings is 1. The largest absolute Gasteiger partial charge is 0.310 e. The molecule has 2 fully saturated rings. The van der Waals surface area contributed by atoms with Crippen LogP contribution >= 0.6 is 11.3 Å². The van der Waals surface area contributed by atoms with Crippen LogP contribution in [0.25, 0.3) is 42.1 Å². The predicted octanol–water partition coefficient (Wildman–Crippen LogP) is 17.9. The first-order chi connectivity index (χ1) is 31.5. The van der Waals surface area contributed by atoms with Gasteiger partial charge in [-0.1, -0.05) is 131 Å². The Kier molecular flexibility index (Phi) is 9.89. The van der Waals surface area contributed by atoms with Crippen molar-refractivity contribution in [2.45, 2.75) is 95.3 Å². The first-order valence-corrected chi connectivity index (χ1v) is 24.6. The van der Waals surface area contributed by atoms with Gasteiger partial charge in [0.15, 0.2) is 0 Å². The van der Waals surface area contributed by atoms with Crippen LogP contribution in [0, 0.1) is 0 Å². The average Bonchev–Trinajstić information content (AvgIpc) is 3.84. The van der Waals surface area contributed by atoms with E-state index in [0.717, 1.165) is 0 Å². The fourth-order valence-electron chi connectivity index (χ4n) is 11.9. The number of fused-ring (bicyclic) bond motifs is 9. The van der Waals surface area contributed by atoms with Crippen molar-refractivity contribution in [1.29, 1.82) is 0 Å². The van der Waals surface area contributed by atoms with Crippen molar-refractivity contribution in [3.05, 3.63) is 186 Å². The highest BCUT2D eigenvalue weighted by Crippen LogP contribution is 2.60. The molecule has 2 saturated carbocycles. The zero-order valence-electron chi connectivity index (χ0n) is 37.1. The van der Waals surface area contributed by atoms with E-state index in [0.29, 0.717) is 11.8 Å². The summed E-state index contributed by atoms with van der Waals surface area (Å²) >= 11 is 1.93. The van der Waals surface area contributed by atoms with Crippen LogP contribution in [0.1, 0.15) is 112 Å². The van der Waals surface area contributed by atoms with E-state index in [1.54, 1.807) is 0 Å². The summed E-state index contributed by atoms with van der Waals surface area (Å²) in [5, 5.41) is 5.15. The summed E-state index contributed by atoms with van der Waals surface area (Å²) in [5.74, 6) is 1.24. The first-order valence-electron chi connectivity index (χ1n) is 23.8. The maximum absolute atomic E-state index is 4.64. The van der Waals surface area contributed by atoms with Crippen molar-refractivity contribution in [2.24, 2.45) is 0 Å². The molecular weight excluding hydrogens is 795 g/mol. The van der Waals surface area contributed by atoms with E-state index >= 15 is 0 Å². The smallest absolute Gasteiger partial charge is 0.0557 e. The van der Waals surface area contributed by atoms with Gasteiger partial charge in [0, 0.05) is 77.4 Å². The van der Waals surface area contributed by atoms with E-state index in [2.05, 4.69) is 186 Å². The van der Waals surface area contributed by atoms with Crippen LogP contribution in [0.4, 0.5) is 34.1 Å². The molecule has 0 amide bonds. The number of benzene rings is 7. The van der Waals surface area contributed by atoms with E-state index in [1.807, 2.05) is 17.5 Å². The molecule has 2 aromatic heterocycles. The Balaban J connectivity index is 1.10. The molecule has 3 aliphatic rings. The topological polar surface area (TPSA) is 19.4 Å². The third-order valence-electron chi connectivity index (χ3n) is 15.0. The number of hydrogen-bond acceptors (Lipinski definition) is 4. The number of pyridine rings is 1. The molecule has 0 bridgehead atoms. The van der Waals surface area contributed by atoms with Crippen molar-refractivity contribution in [3.63, 3.8) is 0 Å². The number of anilines is 6. The summed E-state index contributed by atoms with van der Waals surface area (Å²) in [6.07, 6.45) is 17.1. The molecule has 0 saturated heterocycles. The Bertz CT molecular complexity index is 3170. The number of hydrogen-bond donors (Lipinski definition) is 0. The van der Waals surface area contributed by atoms with E-state index in [9.17, 15) is 0 Å². The molecule has 0 N–H and O–H groups in total.